The van der Waals surface area contributed by atoms with Gasteiger partial charge in [-0.1, -0.05) is 19.7 Å². The molecule has 0 aromatic heterocycles. The highest BCUT2D eigenvalue weighted by Crippen LogP contribution is 2.31. The summed E-state index contributed by atoms with van der Waals surface area (Å²) in [6.07, 6.45) is -1.24. The first-order chi connectivity index (χ1) is 13.0. The van der Waals surface area contributed by atoms with Gasteiger partial charge in [-0.25, -0.2) is 19.6 Å². The summed E-state index contributed by atoms with van der Waals surface area (Å²) in [5, 5.41) is 9.11. The van der Waals surface area contributed by atoms with Crippen LogP contribution in [0, 0.1) is 0 Å². The fourth-order valence-corrected chi connectivity index (χ4v) is 2.57. The average molecular weight is 383 g/mol. The summed E-state index contributed by atoms with van der Waals surface area (Å²) >= 11 is 0. The number of nitrogens with zero attached hydrogens (tertiary/aromatic N) is 3. The third-order valence-corrected chi connectivity index (χ3v) is 3.66. The molecule has 2 aliphatic heterocycles. The molecular weight excluding hydrogens is 362 g/mol. The SMILES string of the molecule is C=CC(=O)N1C(OCCO)N(C(=O)C=C)C2OOCCOC1N2C(=O)C=C. The summed E-state index contributed by atoms with van der Waals surface area (Å²) in [6, 6.07) is 0. The molecule has 2 rings (SSSR count). The molecule has 27 heavy (non-hydrogen) atoms. The normalized spacial score (nSPS) is 25.2. The molecule has 2 heterocycles. The van der Waals surface area contributed by atoms with Crippen molar-refractivity contribution in [2.45, 2.75) is 19.1 Å². The predicted octanol–water partition coefficient (Wildman–Crippen LogP) is -1.12. The molecule has 0 aliphatic carbocycles. The van der Waals surface area contributed by atoms with Crippen molar-refractivity contribution in [3.63, 3.8) is 0 Å². The lowest BCUT2D eigenvalue weighted by Gasteiger charge is -2.54. The van der Waals surface area contributed by atoms with Gasteiger partial charge in [0.25, 0.3) is 24.1 Å². The Labute approximate surface area is 155 Å². The van der Waals surface area contributed by atoms with Crippen molar-refractivity contribution in [1.82, 2.24) is 14.7 Å². The van der Waals surface area contributed by atoms with E-state index in [9.17, 15) is 14.4 Å². The maximum Gasteiger partial charge on any atom is 0.253 e. The molecule has 11 nitrogen and oxygen atoms in total. The third kappa shape index (κ3) is 4.07. The summed E-state index contributed by atoms with van der Waals surface area (Å²) in [4.78, 5) is 50.6. The van der Waals surface area contributed by atoms with Crippen molar-refractivity contribution in [3.8, 4) is 0 Å². The maximum absolute atomic E-state index is 12.5. The molecule has 148 valence electrons. The van der Waals surface area contributed by atoms with Crippen molar-refractivity contribution < 1.29 is 38.7 Å². The lowest BCUT2D eigenvalue weighted by Crippen LogP contribution is -2.75. The Morgan fingerprint density at radius 1 is 0.963 bits per heavy atom. The molecule has 3 unspecified atom stereocenters. The van der Waals surface area contributed by atoms with Crippen LogP contribution in [-0.4, -0.2) is 83.0 Å². The van der Waals surface area contributed by atoms with Gasteiger partial charge in [-0.2, -0.15) is 4.89 Å². The molecule has 2 fully saturated rings. The molecule has 11 heteroatoms. The quantitative estimate of drug-likeness (QED) is 0.453. The van der Waals surface area contributed by atoms with Gasteiger partial charge in [-0.3, -0.25) is 14.4 Å². The van der Waals surface area contributed by atoms with E-state index in [-0.39, 0.29) is 26.4 Å². The first-order valence-corrected chi connectivity index (χ1v) is 7.98. The number of hydrogen-bond acceptors (Lipinski definition) is 8. The van der Waals surface area contributed by atoms with Crippen LogP contribution in [0.4, 0.5) is 0 Å². The largest absolute Gasteiger partial charge is 0.394 e. The average Bonchev–Trinajstić information content (AvgIpc) is 2.68. The number of carbonyl (C=O) groups excluding carboxylic acids is 3. The van der Waals surface area contributed by atoms with Gasteiger partial charge >= 0.3 is 0 Å². The third-order valence-electron chi connectivity index (χ3n) is 3.66. The van der Waals surface area contributed by atoms with Crippen LogP contribution in [0.3, 0.4) is 0 Å². The second-order valence-electron chi connectivity index (χ2n) is 5.21. The van der Waals surface area contributed by atoms with Crippen molar-refractivity contribution in [1.29, 1.82) is 0 Å². The topological polar surface area (TPSA) is 118 Å². The van der Waals surface area contributed by atoms with Crippen LogP contribution >= 0.6 is 0 Å². The van der Waals surface area contributed by atoms with Crippen molar-refractivity contribution in [2.75, 3.05) is 26.4 Å². The Morgan fingerprint density at radius 2 is 1.52 bits per heavy atom. The zero-order valence-corrected chi connectivity index (χ0v) is 14.6. The first-order valence-electron chi connectivity index (χ1n) is 7.98. The molecule has 2 aliphatic rings. The summed E-state index contributed by atoms with van der Waals surface area (Å²) in [7, 11) is 0. The molecule has 3 atom stereocenters. The molecule has 0 radical (unpaired) electrons. The number of rotatable bonds is 6. The summed E-state index contributed by atoms with van der Waals surface area (Å²) in [6.45, 7) is 9.60. The van der Waals surface area contributed by atoms with Crippen molar-refractivity contribution in [3.05, 3.63) is 38.0 Å². The molecule has 0 saturated carbocycles. The van der Waals surface area contributed by atoms with Gasteiger partial charge < -0.3 is 14.6 Å². The molecule has 3 amide bonds. The highest BCUT2D eigenvalue weighted by atomic mass is 17.2. The van der Waals surface area contributed by atoms with E-state index in [2.05, 4.69) is 19.7 Å². The van der Waals surface area contributed by atoms with Gasteiger partial charge in [-0.05, 0) is 18.2 Å². The van der Waals surface area contributed by atoms with Crippen LogP contribution < -0.4 is 0 Å². The minimum absolute atomic E-state index is 0.0163. The Kier molecular flexibility index (Phi) is 7.21. The molecule has 0 spiro atoms. The Hall–Kier alpha value is -2.57. The second-order valence-corrected chi connectivity index (χ2v) is 5.21. The van der Waals surface area contributed by atoms with E-state index >= 15 is 0 Å². The van der Waals surface area contributed by atoms with Gasteiger partial charge in [0.05, 0.1) is 19.8 Å². The zero-order valence-electron chi connectivity index (χ0n) is 14.6. The van der Waals surface area contributed by atoms with E-state index < -0.39 is 36.8 Å². The fraction of sp³-hybridized carbons (Fsp3) is 0.438. The summed E-state index contributed by atoms with van der Waals surface area (Å²) in [5.74, 6) is -2.11. The van der Waals surface area contributed by atoms with Gasteiger partial charge in [0.2, 0.25) is 12.7 Å². The number of aliphatic hydroxyl groups excluding tert-OH is 1. The minimum atomic E-state index is -1.44. The zero-order chi connectivity index (χ0) is 20.0. The lowest BCUT2D eigenvalue weighted by atomic mass is 10.3. The van der Waals surface area contributed by atoms with Crippen molar-refractivity contribution in [2.24, 2.45) is 0 Å². The van der Waals surface area contributed by atoms with Crippen LogP contribution in [-0.2, 0) is 33.6 Å². The van der Waals surface area contributed by atoms with Gasteiger partial charge in [0.15, 0.2) is 0 Å². The molecule has 2 saturated heterocycles. The smallest absolute Gasteiger partial charge is 0.253 e. The van der Waals surface area contributed by atoms with E-state index in [1.165, 1.54) is 0 Å². The number of carbonyl (C=O) groups is 3. The second kappa shape index (κ2) is 9.39. The van der Waals surface area contributed by atoms with E-state index in [0.717, 1.165) is 32.9 Å². The van der Waals surface area contributed by atoms with E-state index in [0.29, 0.717) is 0 Å². The monoisotopic (exact) mass is 383 g/mol. The van der Waals surface area contributed by atoms with Gasteiger partial charge in [-0.15, -0.1) is 0 Å². The first kappa shape index (κ1) is 20.7. The molecule has 0 aromatic carbocycles. The predicted molar refractivity (Wildman–Crippen MR) is 88.5 cm³/mol. The number of ether oxygens (including phenoxy) is 2. The number of fused-ring (bicyclic) bond motifs is 2. The lowest BCUT2D eigenvalue weighted by molar-refractivity contribution is -0.443. The summed E-state index contributed by atoms with van der Waals surface area (Å²) in [5.41, 5.74) is 0. The maximum atomic E-state index is 12.5. The van der Waals surface area contributed by atoms with Crippen LogP contribution in [0.15, 0.2) is 38.0 Å². The van der Waals surface area contributed by atoms with Crippen LogP contribution in [0.25, 0.3) is 0 Å². The fourth-order valence-electron chi connectivity index (χ4n) is 2.57. The highest BCUT2D eigenvalue weighted by Gasteiger charge is 2.53. The molecule has 2 bridgehead atoms. The highest BCUT2D eigenvalue weighted by molar-refractivity contribution is 5.92. The van der Waals surface area contributed by atoms with E-state index in [4.69, 9.17) is 24.4 Å². The standard InChI is InChI=1S/C16H21N3O8/c1-4-11(21)17-14(24-8-7-20)18(12(22)5-2)16-19(13(23)6-3)15(17)25-9-10-26-27-16/h4-6,14-16,20H,1-3,7-10H2. The van der Waals surface area contributed by atoms with Gasteiger partial charge in [0.1, 0.15) is 6.61 Å². The molecule has 0 aromatic rings. The van der Waals surface area contributed by atoms with Crippen LogP contribution in [0.1, 0.15) is 0 Å². The van der Waals surface area contributed by atoms with Gasteiger partial charge in [0, 0.05) is 0 Å². The molecule has 1 N–H and O–H groups in total. The molecular formula is C16H21N3O8. The Bertz CT molecular complexity index is 587. The Morgan fingerprint density at radius 3 is 2.07 bits per heavy atom. The number of hydrogen-bond donors (Lipinski definition) is 1. The van der Waals surface area contributed by atoms with Crippen molar-refractivity contribution >= 4 is 17.7 Å². The van der Waals surface area contributed by atoms with Crippen LogP contribution in [0.5, 0.6) is 0 Å². The summed E-state index contributed by atoms with van der Waals surface area (Å²) < 4.78 is 11.1. The Balaban J connectivity index is 2.62. The van der Waals surface area contributed by atoms with E-state index in [1.807, 2.05) is 0 Å². The minimum Gasteiger partial charge on any atom is -0.394 e. The van der Waals surface area contributed by atoms with E-state index in [1.54, 1.807) is 0 Å². The number of amides is 3. The number of aliphatic hydroxyl groups is 1. The van der Waals surface area contributed by atoms with Crippen LogP contribution in [0.2, 0.25) is 0 Å².